The molecule has 1 N–H and O–H groups in total. The highest BCUT2D eigenvalue weighted by Crippen LogP contribution is 2.30. The van der Waals surface area contributed by atoms with Gasteiger partial charge in [0.1, 0.15) is 5.69 Å². The first kappa shape index (κ1) is 16.6. The minimum absolute atomic E-state index is 0.136. The Bertz CT molecular complexity index is 569. The number of hydrogen-bond donors (Lipinski definition) is 1. The van der Waals surface area contributed by atoms with E-state index in [-0.39, 0.29) is 17.8 Å². The highest BCUT2D eigenvalue weighted by Gasteiger charge is 2.19. The van der Waals surface area contributed by atoms with Gasteiger partial charge in [-0.1, -0.05) is 13.0 Å². The van der Waals surface area contributed by atoms with Crippen molar-refractivity contribution < 1.29 is 19.2 Å². The molecule has 0 saturated heterocycles. The van der Waals surface area contributed by atoms with E-state index >= 15 is 0 Å². The summed E-state index contributed by atoms with van der Waals surface area (Å²) in [5, 5.41) is 13.4. The van der Waals surface area contributed by atoms with Gasteiger partial charge in [0.05, 0.1) is 4.92 Å². The molecule has 0 bridgehead atoms. The van der Waals surface area contributed by atoms with Crippen molar-refractivity contribution >= 4 is 23.3 Å². The normalized spacial score (nSPS) is 10.0. The van der Waals surface area contributed by atoms with Crippen molar-refractivity contribution in [2.24, 2.45) is 0 Å². The summed E-state index contributed by atoms with van der Waals surface area (Å²) in [6.07, 6.45) is 0.861. The molecule has 1 aromatic rings. The number of aryl methyl sites for hydroxylation is 1. The number of anilines is 1. The molecule has 0 radical (unpaired) electrons. The second-order valence-electron chi connectivity index (χ2n) is 4.62. The number of nitro benzene ring substituents is 1. The molecule has 1 aromatic carbocycles. The maximum Gasteiger partial charge on any atom is 0.306 e. The Morgan fingerprint density at radius 3 is 2.57 bits per heavy atom. The third-order valence-electron chi connectivity index (χ3n) is 2.99. The number of amides is 1. The molecule has 0 unspecified atom stereocenters. The Balaban J connectivity index is 2.82. The molecule has 0 aliphatic carbocycles. The largest absolute Gasteiger partial charge is 0.456 e. The molecule has 0 aliphatic heterocycles. The number of benzene rings is 1. The maximum atomic E-state index is 11.7. The molecule has 114 valence electrons. The SMILES string of the molecule is CCCC(=O)OCC(=O)Nc1c([N+](=O)[O-])ccc(C)c1C. The Morgan fingerprint density at radius 1 is 1.33 bits per heavy atom. The number of ether oxygens (including phenoxy) is 1. The van der Waals surface area contributed by atoms with Crippen LogP contribution in [0.25, 0.3) is 0 Å². The summed E-state index contributed by atoms with van der Waals surface area (Å²) in [6, 6.07) is 2.95. The van der Waals surface area contributed by atoms with E-state index in [1.165, 1.54) is 6.07 Å². The van der Waals surface area contributed by atoms with Crippen LogP contribution in [0.4, 0.5) is 11.4 Å². The van der Waals surface area contributed by atoms with E-state index in [9.17, 15) is 19.7 Å². The van der Waals surface area contributed by atoms with Gasteiger partial charge >= 0.3 is 5.97 Å². The number of nitrogens with one attached hydrogen (secondary N) is 1. The highest BCUT2D eigenvalue weighted by atomic mass is 16.6. The van der Waals surface area contributed by atoms with Crippen LogP contribution in [0.15, 0.2) is 12.1 Å². The van der Waals surface area contributed by atoms with E-state index in [1.807, 2.05) is 6.92 Å². The molecule has 0 spiro atoms. The number of nitrogens with zero attached hydrogens (tertiary/aromatic N) is 1. The molecule has 0 saturated carbocycles. The Kier molecular flexibility index (Phi) is 5.83. The number of rotatable bonds is 6. The number of hydrogen-bond acceptors (Lipinski definition) is 5. The summed E-state index contributed by atoms with van der Waals surface area (Å²) in [5.74, 6) is -1.07. The van der Waals surface area contributed by atoms with E-state index in [1.54, 1.807) is 19.9 Å². The Morgan fingerprint density at radius 2 is 2.00 bits per heavy atom. The van der Waals surface area contributed by atoms with E-state index in [4.69, 9.17) is 4.74 Å². The van der Waals surface area contributed by atoms with Crippen LogP contribution in [0.5, 0.6) is 0 Å². The van der Waals surface area contributed by atoms with Gasteiger partial charge in [-0.15, -0.1) is 0 Å². The van der Waals surface area contributed by atoms with Crippen molar-refractivity contribution in [1.29, 1.82) is 0 Å². The van der Waals surface area contributed by atoms with Crippen molar-refractivity contribution in [3.63, 3.8) is 0 Å². The first-order valence-corrected chi connectivity index (χ1v) is 6.56. The van der Waals surface area contributed by atoms with Crippen molar-refractivity contribution in [3.05, 3.63) is 33.4 Å². The van der Waals surface area contributed by atoms with Gasteiger partial charge in [0, 0.05) is 12.5 Å². The number of esters is 1. The van der Waals surface area contributed by atoms with Gasteiger partial charge in [0.2, 0.25) is 0 Å². The van der Waals surface area contributed by atoms with Crippen LogP contribution in [0.2, 0.25) is 0 Å². The molecule has 0 atom stereocenters. The van der Waals surface area contributed by atoms with Gasteiger partial charge in [-0.05, 0) is 31.4 Å². The maximum absolute atomic E-state index is 11.7. The summed E-state index contributed by atoms with van der Waals surface area (Å²) in [7, 11) is 0. The van der Waals surface area contributed by atoms with E-state index in [0.29, 0.717) is 12.0 Å². The molecule has 21 heavy (non-hydrogen) atoms. The zero-order valence-electron chi connectivity index (χ0n) is 12.3. The van der Waals surface area contributed by atoms with Crippen molar-refractivity contribution in [2.45, 2.75) is 33.6 Å². The lowest BCUT2D eigenvalue weighted by Crippen LogP contribution is -2.22. The molecule has 0 fully saturated rings. The standard InChI is InChI=1S/C14H18N2O5/c1-4-5-13(18)21-8-12(17)15-14-10(3)9(2)6-7-11(14)16(19)20/h6-7H,4-5,8H2,1-3H3,(H,15,17). The summed E-state index contributed by atoms with van der Waals surface area (Å²) >= 11 is 0. The van der Waals surface area contributed by atoms with Crippen LogP contribution in [0.3, 0.4) is 0 Å². The molecular weight excluding hydrogens is 276 g/mol. The van der Waals surface area contributed by atoms with Gasteiger partial charge in [0.25, 0.3) is 11.6 Å². The van der Waals surface area contributed by atoms with Gasteiger partial charge in [-0.25, -0.2) is 0 Å². The zero-order valence-corrected chi connectivity index (χ0v) is 12.3. The van der Waals surface area contributed by atoms with E-state index in [0.717, 1.165) is 5.56 Å². The van der Waals surface area contributed by atoms with Crippen LogP contribution in [-0.2, 0) is 14.3 Å². The molecule has 1 rings (SSSR count). The molecule has 0 aliphatic rings. The molecule has 7 nitrogen and oxygen atoms in total. The molecule has 1 amide bonds. The summed E-state index contributed by atoms with van der Waals surface area (Å²) in [4.78, 5) is 33.4. The van der Waals surface area contributed by atoms with Crippen LogP contribution in [-0.4, -0.2) is 23.4 Å². The second kappa shape index (κ2) is 7.37. The molecular formula is C14H18N2O5. The predicted octanol–water partition coefficient (Wildman–Crippen LogP) is 2.49. The van der Waals surface area contributed by atoms with Crippen molar-refractivity contribution in [3.8, 4) is 0 Å². The topological polar surface area (TPSA) is 98.5 Å². The Hall–Kier alpha value is -2.44. The van der Waals surface area contributed by atoms with Gasteiger partial charge in [-0.3, -0.25) is 19.7 Å². The lowest BCUT2D eigenvalue weighted by Gasteiger charge is -2.11. The third-order valence-corrected chi connectivity index (χ3v) is 2.99. The average molecular weight is 294 g/mol. The van der Waals surface area contributed by atoms with E-state index < -0.39 is 23.4 Å². The van der Waals surface area contributed by atoms with Gasteiger partial charge < -0.3 is 10.1 Å². The van der Waals surface area contributed by atoms with Crippen molar-refractivity contribution in [1.82, 2.24) is 0 Å². The molecule has 0 heterocycles. The lowest BCUT2D eigenvalue weighted by atomic mass is 10.1. The fourth-order valence-electron chi connectivity index (χ4n) is 1.71. The van der Waals surface area contributed by atoms with Crippen molar-refractivity contribution in [2.75, 3.05) is 11.9 Å². The van der Waals surface area contributed by atoms with Crippen LogP contribution in [0.1, 0.15) is 30.9 Å². The monoisotopic (exact) mass is 294 g/mol. The fourth-order valence-corrected chi connectivity index (χ4v) is 1.71. The minimum atomic E-state index is -0.601. The lowest BCUT2D eigenvalue weighted by molar-refractivity contribution is -0.384. The molecule has 7 heteroatoms. The summed E-state index contributed by atoms with van der Waals surface area (Å²) in [5.41, 5.74) is 1.37. The fraction of sp³-hybridized carbons (Fsp3) is 0.429. The molecule has 0 aromatic heterocycles. The third kappa shape index (κ3) is 4.55. The van der Waals surface area contributed by atoms with Crippen LogP contribution in [0, 0.1) is 24.0 Å². The first-order chi connectivity index (χ1) is 9.86. The average Bonchev–Trinajstić information content (AvgIpc) is 2.42. The van der Waals surface area contributed by atoms with E-state index in [2.05, 4.69) is 5.32 Å². The number of nitro groups is 1. The van der Waals surface area contributed by atoms with Crippen LogP contribution < -0.4 is 5.32 Å². The zero-order chi connectivity index (χ0) is 16.0. The summed E-state index contributed by atoms with van der Waals surface area (Å²) in [6.45, 7) is 4.83. The number of carbonyl (C=O) groups excluding carboxylic acids is 2. The minimum Gasteiger partial charge on any atom is -0.456 e. The Labute approximate surface area is 122 Å². The second-order valence-corrected chi connectivity index (χ2v) is 4.62. The summed E-state index contributed by atoms with van der Waals surface area (Å²) < 4.78 is 4.77. The highest BCUT2D eigenvalue weighted by molar-refractivity contribution is 5.96. The van der Waals surface area contributed by atoms with Gasteiger partial charge in [0.15, 0.2) is 6.61 Å². The smallest absolute Gasteiger partial charge is 0.306 e. The predicted molar refractivity (Wildman–Crippen MR) is 77.1 cm³/mol. The van der Waals surface area contributed by atoms with Crippen LogP contribution >= 0.6 is 0 Å². The number of carbonyl (C=O) groups is 2. The first-order valence-electron chi connectivity index (χ1n) is 6.56. The van der Waals surface area contributed by atoms with Gasteiger partial charge in [-0.2, -0.15) is 0 Å². The quantitative estimate of drug-likeness (QED) is 0.493.